The monoisotopic (exact) mass is 380 g/mol. The Balaban J connectivity index is 1.87. The minimum absolute atomic E-state index is 0.167. The Kier molecular flexibility index (Phi) is 4.54. The number of nitrogen functional groups attached to an aromatic ring is 1. The average molecular weight is 381 g/mol. The molecule has 0 spiro atoms. The molecule has 2 N–H and O–H groups in total. The Labute approximate surface area is 143 Å². The smallest absolute Gasteiger partial charge is 0.236 e. The van der Waals surface area contributed by atoms with E-state index in [4.69, 9.17) is 5.73 Å². The molecule has 1 fully saturated rings. The molecule has 8 heteroatoms. The van der Waals surface area contributed by atoms with E-state index in [1.807, 2.05) is 34.5 Å². The van der Waals surface area contributed by atoms with Gasteiger partial charge in [-0.1, -0.05) is 0 Å². The molecular weight excluding hydrogens is 360 g/mol. The second-order valence-corrected chi connectivity index (χ2v) is 6.96. The molecule has 1 amide bonds. The third-order valence-electron chi connectivity index (χ3n) is 4.16. The number of aromatic nitrogens is 3. The van der Waals surface area contributed by atoms with Gasteiger partial charge in [-0.05, 0) is 42.9 Å². The minimum atomic E-state index is 0.167. The van der Waals surface area contributed by atoms with Crippen LogP contribution in [0.2, 0.25) is 0 Å². The molecule has 1 aliphatic heterocycles. The predicted molar refractivity (Wildman–Crippen MR) is 92.2 cm³/mol. The van der Waals surface area contributed by atoms with Gasteiger partial charge in [-0.15, -0.1) is 0 Å². The molecule has 2 aromatic rings. The van der Waals surface area contributed by atoms with Gasteiger partial charge in [0.15, 0.2) is 5.82 Å². The van der Waals surface area contributed by atoms with Crippen molar-refractivity contribution in [1.82, 2.24) is 24.2 Å². The second kappa shape index (κ2) is 6.45. The lowest BCUT2D eigenvalue weighted by Crippen LogP contribution is -2.43. The van der Waals surface area contributed by atoms with Gasteiger partial charge in [0.2, 0.25) is 5.91 Å². The summed E-state index contributed by atoms with van der Waals surface area (Å²) < 4.78 is 2.69. The van der Waals surface area contributed by atoms with Crippen molar-refractivity contribution in [3.8, 4) is 0 Å². The van der Waals surface area contributed by atoms with Crippen LogP contribution in [-0.4, -0.2) is 63.8 Å². The number of imidazole rings is 1. The minimum Gasteiger partial charge on any atom is -0.382 e. The molecule has 1 saturated heterocycles. The van der Waals surface area contributed by atoms with Crippen molar-refractivity contribution in [1.29, 1.82) is 0 Å². The summed E-state index contributed by atoms with van der Waals surface area (Å²) >= 11 is 3.47. The molecule has 23 heavy (non-hydrogen) atoms. The number of halogens is 1. The van der Waals surface area contributed by atoms with Gasteiger partial charge in [0.05, 0.1) is 6.54 Å². The van der Waals surface area contributed by atoms with Crippen LogP contribution < -0.4 is 5.73 Å². The van der Waals surface area contributed by atoms with E-state index < -0.39 is 0 Å². The number of anilines is 1. The van der Waals surface area contributed by atoms with Crippen LogP contribution in [0.5, 0.6) is 0 Å². The van der Waals surface area contributed by atoms with Crippen LogP contribution in [0.25, 0.3) is 5.52 Å². The number of nitrogens with two attached hydrogens (primary N) is 1. The van der Waals surface area contributed by atoms with Gasteiger partial charge < -0.3 is 15.5 Å². The molecule has 3 heterocycles. The number of carbonyl (C=O) groups excluding carboxylic acids is 1. The normalized spacial score (nSPS) is 18.8. The van der Waals surface area contributed by atoms with Gasteiger partial charge in [0, 0.05) is 31.4 Å². The molecule has 1 atom stereocenters. The molecule has 3 rings (SSSR count). The predicted octanol–water partition coefficient (Wildman–Crippen LogP) is 1.34. The number of rotatable bonds is 3. The summed E-state index contributed by atoms with van der Waals surface area (Å²) in [4.78, 5) is 24.9. The molecule has 2 aromatic heterocycles. The summed E-state index contributed by atoms with van der Waals surface area (Å²) in [5.41, 5.74) is 6.75. The number of hydrogen-bond donors (Lipinski definition) is 1. The zero-order valence-corrected chi connectivity index (χ0v) is 15.0. The first-order valence-corrected chi connectivity index (χ1v) is 8.47. The quantitative estimate of drug-likeness (QED) is 0.868. The first-order chi connectivity index (χ1) is 11.0. The average Bonchev–Trinajstić information content (AvgIpc) is 2.85. The number of carbonyl (C=O) groups is 1. The van der Waals surface area contributed by atoms with Crippen molar-refractivity contribution in [3.05, 3.63) is 22.8 Å². The van der Waals surface area contributed by atoms with Crippen molar-refractivity contribution >= 4 is 33.2 Å². The second-order valence-electron chi connectivity index (χ2n) is 6.21. The first-order valence-electron chi connectivity index (χ1n) is 7.67. The Bertz CT molecular complexity index is 728. The van der Waals surface area contributed by atoms with E-state index in [1.165, 1.54) is 0 Å². The number of fused-ring (bicyclic) bond motifs is 1. The van der Waals surface area contributed by atoms with Crippen LogP contribution in [0.15, 0.2) is 17.0 Å². The molecule has 0 bridgehead atoms. The number of likely N-dealkylation sites (tertiary alicyclic amines) is 1. The maximum Gasteiger partial charge on any atom is 0.236 e. The fourth-order valence-corrected chi connectivity index (χ4v) is 3.69. The van der Waals surface area contributed by atoms with Gasteiger partial charge in [0.1, 0.15) is 15.9 Å². The number of amides is 1. The molecular formula is C15H21BrN6O. The molecule has 0 aliphatic carbocycles. The maximum atomic E-state index is 12.3. The molecule has 0 radical (unpaired) electrons. The Morgan fingerprint density at radius 3 is 3.04 bits per heavy atom. The van der Waals surface area contributed by atoms with Crippen molar-refractivity contribution in [3.63, 3.8) is 0 Å². The Morgan fingerprint density at radius 2 is 2.30 bits per heavy atom. The SMILES string of the molecule is CN(C)CC(=O)N1CCC[C@@H](c2nc(Br)c3c(N)nccn23)C1. The van der Waals surface area contributed by atoms with E-state index in [0.29, 0.717) is 23.5 Å². The summed E-state index contributed by atoms with van der Waals surface area (Å²) in [6, 6.07) is 0. The molecule has 0 aromatic carbocycles. The zero-order chi connectivity index (χ0) is 16.6. The topological polar surface area (TPSA) is 79.8 Å². The van der Waals surface area contributed by atoms with Crippen LogP contribution in [-0.2, 0) is 4.79 Å². The largest absolute Gasteiger partial charge is 0.382 e. The van der Waals surface area contributed by atoms with Crippen LogP contribution in [0, 0.1) is 0 Å². The van der Waals surface area contributed by atoms with Gasteiger partial charge >= 0.3 is 0 Å². The van der Waals surface area contributed by atoms with Crippen molar-refractivity contribution < 1.29 is 4.79 Å². The summed E-state index contributed by atoms with van der Waals surface area (Å²) in [5.74, 6) is 1.76. The molecule has 0 saturated carbocycles. The lowest BCUT2D eigenvalue weighted by atomic mass is 9.97. The Morgan fingerprint density at radius 1 is 1.52 bits per heavy atom. The van der Waals surface area contributed by atoms with E-state index in [2.05, 4.69) is 25.9 Å². The lowest BCUT2D eigenvalue weighted by Gasteiger charge is -2.33. The fourth-order valence-electron chi connectivity index (χ4n) is 3.12. The van der Waals surface area contributed by atoms with E-state index >= 15 is 0 Å². The summed E-state index contributed by atoms with van der Waals surface area (Å²) in [6.45, 7) is 1.95. The third kappa shape index (κ3) is 3.18. The highest BCUT2D eigenvalue weighted by Crippen LogP contribution is 2.31. The lowest BCUT2D eigenvalue weighted by molar-refractivity contribution is -0.133. The maximum absolute atomic E-state index is 12.3. The van der Waals surface area contributed by atoms with Gasteiger partial charge in [-0.3, -0.25) is 9.20 Å². The first kappa shape index (κ1) is 16.2. The molecule has 1 aliphatic rings. The van der Waals surface area contributed by atoms with E-state index in [-0.39, 0.29) is 11.8 Å². The van der Waals surface area contributed by atoms with E-state index in [1.54, 1.807) is 6.20 Å². The van der Waals surface area contributed by atoms with Crippen LogP contribution in [0.3, 0.4) is 0 Å². The van der Waals surface area contributed by atoms with Crippen LogP contribution in [0.4, 0.5) is 5.82 Å². The third-order valence-corrected chi connectivity index (χ3v) is 4.71. The molecule has 124 valence electrons. The van der Waals surface area contributed by atoms with Crippen LogP contribution >= 0.6 is 15.9 Å². The highest BCUT2D eigenvalue weighted by molar-refractivity contribution is 9.10. The number of nitrogens with zero attached hydrogens (tertiary/aromatic N) is 5. The number of likely N-dealkylation sites (N-methyl/N-ethyl adjacent to an activating group) is 1. The van der Waals surface area contributed by atoms with E-state index in [0.717, 1.165) is 30.7 Å². The van der Waals surface area contributed by atoms with Gasteiger partial charge in [-0.25, -0.2) is 9.97 Å². The fraction of sp³-hybridized carbons (Fsp3) is 0.533. The zero-order valence-electron chi connectivity index (χ0n) is 13.4. The van der Waals surface area contributed by atoms with Crippen molar-refractivity contribution in [2.24, 2.45) is 0 Å². The van der Waals surface area contributed by atoms with Crippen LogP contribution in [0.1, 0.15) is 24.6 Å². The summed E-state index contributed by atoms with van der Waals surface area (Å²) in [7, 11) is 3.82. The van der Waals surface area contributed by atoms with Gasteiger partial charge in [0.25, 0.3) is 0 Å². The van der Waals surface area contributed by atoms with Crippen molar-refractivity contribution in [2.45, 2.75) is 18.8 Å². The van der Waals surface area contributed by atoms with Gasteiger partial charge in [-0.2, -0.15) is 0 Å². The molecule has 7 nitrogen and oxygen atoms in total. The van der Waals surface area contributed by atoms with E-state index in [9.17, 15) is 4.79 Å². The summed E-state index contributed by atoms with van der Waals surface area (Å²) in [6.07, 6.45) is 5.55. The highest BCUT2D eigenvalue weighted by Gasteiger charge is 2.28. The standard InChI is InChI=1S/C15H21BrN6O/c1-20(2)9-11(23)21-6-3-4-10(8-21)15-19-13(16)12-14(17)18-5-7-22(12)15/h5,7,10H,3-4,6,8-9H2,1-2H3,(H2,17,18)/t10-/m1/s1. The molecule has 0 unspecified atom stereocenters. The highest BCUT2D eigenvalue weighted by atomic mass is 79.9. The summed E-state index contributed by atoms with van der Waals surface area (Å²) in [5, 5.41) is 0. The van der Waals surface area contributed by atoms with Crippen molar-refractivity contribution in [2.75, 3.05) is 39.5 Å². The number of piperidine rings is 1. The number of hydrogen-bond acceptors (Lipinski definition) is 5. The Hall–Kier alpha value is -1.67.